The van der Waals surface area contributed by atoms with E-state index < -0.39 is 12.6 Å². The highest BCUT2D eigenvalue weighted by Crippen LogP contribution is 2.27. The number of benzene rings is 1. The molecule has 122 valence electrons. The molecule has 0 heterocycles. The maximum absolute atomic E-state index is 12.0. The van der Waals surface area contributed by atoms with E-state index in [0.717, 1.165) is 18.5 Å². The number of aryl methyl sites for hydroxylation is 1. The van der Waals surface area contributed by atoms with E-state index in [1.165, 1.54) is 24.0 Å². The van der Waals surface area contributed by atoms with Gasteiger partial charge < -0.3 is 11.1 Å². The number of alkyl halides is 3. The molecule has 0 atom stereocenters. The predicted octanol–water partition coefficient (Wildman–Crippen LogP) is 4.02. The molecule has 0 aromatic heterocycles. The Morgan fingerprint density at radius 2 is 1.95 bits per heavy atom. The van der Waals surface area contributed by atoms with E-state index in [0.29, 0.717) is 13.0 Å². The van der Waals surface area contributed by atoms with Crippen molar-refractivity contribution in [3.63, 3.8) is 0 Å². The lowest BCUT2D eigenvalue weighted by Crippen LogP contribution is -2.24. The fourth-order valence-corrected chi connectivity index (χ4v) is 2.71. The first-order chi connectivity index (χ1) is 10.5. The Bertz CT molecular complexity index is 524. The molecular weight excluding hydrogens is 291 g/mol. The molecule has 0 unspecified atom stereocenters. The molecule has 0 bridgehead atoms. The van der Waals surface area contributed by atoms with Crippen molar-refractivity contribution in [3.8, 4) is 0 Å². The van der Waals surface area contributed by atoms with Gasteiger partial charge in [-0.25, -0.2) is 0 Å². The first kappa shape index (κ1) is 16.6. The standard InChI is InChI=1S/C16H22F3N3/c17-16(18,19)10-3-4-11-21-15(20)22-14-9-5-7-12-6-1-2-8-13(12)14/h5,7,9H,1-4,6,8,10-11H2,(H3,20,21,22). The van der Waals surface area contributed by atoms with Gasteiger partial charge in [-0.15, -0.1) is 0 Å². The van der Waals surface area contributed by atoms with Crippen LogP contribution in [0.1, 0.15) is 43.2 Å². The number of nitrogens with two attached hydrogens (primary N) is 1. The molecule has 1 aromatic rings. The number of hydrogen-bond donors (Lipinski definition) is 2. The Hall–Kier alpha value is -1.72. The van der Waals surface area contributed by atoms with Crippen molar-refractivity contribution in [1.82, 2.24) is 0 Å². The van der Waals surface area contributed by atoms with Gasteiger partial charge in [0.1, 0.15) is 0 Å². The van der Waals surface area contributed by atoms with Gasteiger partial charge in [-0.05, 0) is 55.7 Å². The molecule has 1 aromatic carbocycles. The highest BCUT2D eigenvalue weighted by atomic mass is 19.4. The number of rotatable bonds is 5. The van der Waals surface area contributed by atoms with Crippen molar-refractivity contribution in [3.05, 3.63) is 29.3 Å². The number of hydrogen-bond acceptors (Lipinski definition) is 1. The van der Waals surface area contributed by atoms with E-state index in [2.05, 4.69) is 16.4 Å². The van der Waals surface area contributed by atoms with Gasteiger partial charge in [0.25, 0.3) is 0 Å². The van der Waals surface area contributed by atoms with E-state index >= 15 is 0 Å². The first-order valence-electron chi connectivity index (χ1n) is 7.70. The first-order valence-corrected chi connectivity index (χ1v) is 7.70. The van der Waals surface area contributed by atoms with Crippen molar-refractivity contribution in [2.75, 3.05) is 11.9 Å². The van der Waals surface area contributed by atoms with E-state index in [9.17, 15) is 13.2 Å². The summed E-state index contributed by atoms with van der Waals surface area (Å²) in [5.41, 5.74) is 9.41. The minimum Gasteiger partial charge on any atom is -0.370 e. The average Bonchev–Trinajstić information content (AvgIpc) is 2.46. The lowest BCUT2D eigenvalue weighted by molar-refractivity contribution is -0.135. The van der Waals surface area contributed by atoms with Crippen LogP contribution < -0.4 is 11.1 Å². The van der Waals surface area contributed by atoms with Crippen LogP contribution >= 0.6 is 0 Å². The van der Waals surface area contributed by atoms with Gasteiger partial charge in [0.05, 0.1) is 0 Å². The third-order valence-electron chi connectivity index (χ3n) is 3.81. The Morgan fingerprint density at radius 1 is 1.18 bits per heavy atom. The van der Waals surface area contributed by atoms with E-state index in [-0.39, 0.29) is 12.4 Å². The second-order valence-corrected chi connectivity index (χ2v) is 5.61. The quantitative estimate of drug-likeness (QED) is 0.490. The largest absolute Gasteiger partial charge is 0.389 e. The Kier molecular flexibility index (Phi) is 5.69. The number of fused-ring (bicyclic) bond motifs is 1. The summed E-state index contributed by atoms with van der Waals surface area (Å²) < 4.78 is 36.0. The number of guanidine groups is 1. The molecule has 0 spiro atoms. The summed E-state index contributed by atoms with van der Waals surface area (Å²) in [6.45, 7) is 0.309. The molecular formula is C16H22F3N3. The molecule has 6 heteroatoms. The summed E-state index contributed by atoms with van der Waals surface area (Å²) in [5.74, 6) is 0.269. The van der Waals surface area contributed by atoms with Crippen LogP contribution in [0.25, 0.3) is 0 Å². The van der Waals surface area contributed by atoms with Crippen LogP contribution in [0.15, 0.2) is 23.2 Å². The maximum Gasteiger partial charge on any atom is 0.389 e. The molecule has 1 aliphatic rings. The van der Waals surface area contributed by atoms with Crippen molar-refractivity contribution in [2.45, 2.75) is 51.1 Å². The van der Waals surface area contributed by atoms with Gasteiger partial charge in [0.15, 0.2) is 5.96 Å². The Labute approximate surface area is 128 Å². The lowest BCUT2D eigenvalue weighted by Gasteiger charge is -2.19. The number of nitrogens with zero attached hydrogens (tertiary/aromatic N) is 1. The Morgan fingerprint density at radius 3 is 2.73 bits per heavy atom. The number of anilines is 1. The molecule has 22 heavy (non-hydrogen) atoms. The summed E-state index contributed by atoms with van der Waals surface area (Å²) in [4.78, 5) is 4.10. The fraction of sp³-hybridized carbons (Fsp3) is 0.562. The van der Waals surface area contributed by atoms with Crippen LogP contribution in [0.2, 0.25) is 0 Å². The van der Waals surface area contributed by atoms with Gasteiger partial charge in [0, 0.05) is 18.7 Å². The van der Waals surface area contributed by atoms with Crippen molar-refractivity contribution in [2.24, 2.45) is 10.7 Å². The average molecular weight is 313 g/mol. The predicted molar refractivity (Wildman–Crippen MR) is 83.1 cm³/mol. The van der Waals surface area contributed by atoms with Crippen molar-refractivity contribution < 1.29 is 13.2 Å². The highest BCUT2D eigenvalue weighted by molar-refractivity contribution is 5.93. The summed E-state index contributed by atoms with van der Waals surface area (Å²) in [6.07, 6.45) is 0.102. The Balaban J connectivity index is 1.84. The third-order valence-corrected chi connectivity index (χ3v) is 3.81. The van der Waals surface area contributed by atoms with Crippen molar-refractivity contribution >= 4 is 11.6 Å². The number of unbranched alkanes of at least 4 members (excludes halogenated alkanes) is 1. The molecule has 0 fully saturated rings. The van der Waals surface area contributed by atoms with Crippen LogP contribution in [0.5, 0.6) is 0 Å². The molecule has 1 aliphatic carbocycles. The van der Waals surface area contributed by atoms with Gasteiger partial charge >= 0.3 is 6.18 Å². The van der Waals surface area contributed by atoms with E-state index in [1.54, 1.807) is 0 Å². The molecule has 0 saturated heterocycles. The monoisotopic (exact) mass is 313 g/mol. The summed E-state index contributed by atoms with van der Waals surface area (Å²) in [6, 6.07) is 6.09. The van der Waals surface area contributed by atoms with Gasteiger partial charge in [-0.3, -0.25) is 4.99 Å². The summed E-state index contributed by atoms with van der Waals surface area (Å²) in [5, 5.41) is 3.08. The molecule has 0 saturated carbocycles. The topological polar surface area (TPSA) is 50.4 Å². The third kappa shape index (κ3) is 5.24. The van der Waals surface area contributed by atoms with E-state index in [4.69, 9.17) is 5.73 Å². The zero-order valence-corrected chi connectivity index (χ0v) is 12.5. The molecule has 0 radical (unpaired) electrons. The lowest BCUT2D eigenvalue weighted by atomic mass is 9.90. The van der Waals surface area contributed by atoms with Gasteiger partial charge in [-0.1, -0.05) is 12.1 Å². The SMILES string of the molecule is NC(=NCCCCC(F)(F)F)Nc1cccc2c1CCCC2. The molecule has 0 aliphatic heterocycles. The molecule has 0 amide bonds. The van der Waals surface area contributed by atoms with Crippen molar-refractivity contribution in [1.29, 1.82) is 0 Å². The molecule has 3 N–H and O–H groups in total. The smallest absolute Gasteiger partial charge is 0.370 e. The van der Waals surface area contributed by atoms with Gasteiger partial charge in [-0.2, -0.15) is 13.2 Å². The second kappa shape index (κ2) is 7.51. The minimum atomic E-state index is -4.09. The highest BCUT2D eigenvalue weighted by Gasteiger charge is 2.25. The van der Waals surface area contributed by atoms with Crippen LogP contribution in [-0.2, 0) is 12.8 Å². The zero-order valence-electron chi connectivity index (χ0n) is 12.5. The summed E-state index contributed by atoms with van der Waals surface area (Å²) >= 11 is 0. The zero-order chi connectivity index (χ0) is 16.0. The number of aliphatic imine (C=N–C) groups is 1. The van der Waals surface area contributed by atoms with Gasteiger partial charge in [0.2, 0.25) is 0 Å². The van der Waals surface area contributed by atoms with Crippen LogP contribution in [-0.4, -0.2) is 18.7 Å². The van der Waals surface area contributed by atoms with Crippen LogP contribution in [0.3, 0.4) is 0 Å². The molecule has 2 rings (SSSR count). The summed E-state index contributed by atoms with van der Waals surface area (Å²) in [7, 11) is 0. The maximum atomic E-state index is 12.0. The normalized spacial score (nSPS) is 15.5. The fourth-order valence-electron chi connectivity index (χ4n) is 2.71. The number of halogens is 3. The van der Waals surface area contributed by atoms with E-state index in [1.807, 2.05) is 12.1 Å². The molecule has 3 nitrogen and oxygen atoms in total. The van der Waals surface area contributed by atoms with Crippen LogP contribution in [0.4, 0.5) is 18.9 Å². The van der Waals surface area contributed by atoms with Crippen LogP contribution in [0, 0.1) is 0 Å². The second-order valence-electron chi connectivity index (χ2n) is 5.61. The minimum absolute atomic E-state index is 0.0843. The number of nitrogens with one attached hydrogen (secondary N) is 1.